The van der Waals surface area contributed by atoms with E-state index in [0.29, 0.717) is 0 Å². The molecule has 0 aliphatic rings. The molecule has 0 atom stereocenters. The van der Waals surface area contributed by atoms with Gasteiger partial charge in [0.1, 0.15) is 5.82 Å². The van der Waals surface area contributed by atoms with E-state index in [0.717, 1.165) is 21.6 Å². The van der Waals surface area contributed by atoms with Crippen molar-refractivity contribution in [2.45, 2.75) is 26.3 Å². The first-order valence-corrected chi connectivity index (χ1v) is 7.02. The van der Waals surface area contributed by atoms with Gasteiger partial charge in [-0.3, -0.25) is 0 Å². The molecule has 1 aromatic heterocycles. The fourth-order valence-corrected chi connectivity index (χ4v) is 2.15. The van der Waals surface area contributed by atoms with Gasteiger partial charge in [0.15, 0.2) is 0 Å². The molecule has 0 unspecified atom stereocenters. The van der Waals surface area contributed by atoms with Gasteiger partial charge < -0.3 is 5.32 Å². The lowest BCUT2D eigenvalue weighted by Gasteiger charge is -2.22. The Morgan fingerprint density at radius 2 is 1.95 bits per heavy atom. The second-order valence-corrected chi connectivity index (χ2v) is 6.02. The Morgan fingerprint density at radius 3 is 2.63 bits per heavy atom. The molecule has 2 rings (SSSR count). The predicted molar refractivity (Wildman–Crippen MR) is 82.0 cm³/mol. The third-order valence-electron chi connectivity index (χ3n) is 3.32. The zero-order valence-corrected chi connectivity index (χ0v) is 13.2. The van der Waals surface area contributed by atoms with Crippen LogP contribution >= 0.6 is 15.9 Å². The first kappa shape index (κ1) is 14.2. The number of nitrogens with zero attached hydrogens (tertiary/aromatic N) is 2. The molecule has 0 fully saturated rings. The molecule has 0 saturated heterocycles. The van der Waals surface area contributed by atoms with Crippen molar-refractivity contribution in [1.29, 1.82) is 0 Å². The van der Waals surface area contributed by atoms with Gasteiger partial charge in [0.25, 0.3) is 0 Å². The summed E-state index contributed by atoms with van der Waals surface area (Å²) < 4.78 is 1.06. The lowest BCUT2D eigenvalue weighted by Crippen LogP contribution is -2.35. The van der Waals surface area contributed by atoms with Crippen LogP contribution in [0.3, 0.4) is 0 Å². The largest absolute Gasteiger partial charge is 0.308 e. The Hall–Kier alpha value is -1.26. The molecule has 1 aromatic carbocycles. The van der Waals surface area contributed by atoms with E-state index in [1.54, 1.807) is 0 Å². The molecule has 2 aromatic rings. The lowest BCUT2D eigenvalue weighted by atomic mass is 10.0. The topological polar surface area (TPSA) is 37.8 Å². The predicted octanol–water partition coefficient (Wildman–Crippen LogP) is 3.67. The summed E-state index contributed by atoms with van der Waals surface area (Å²) in [5.74, 6) is 0.798. The summed E-state index contributed by atoms with van der Waals surface area (Å²) in [7, 11) is 1.92. The van der Waals surface area contributed by atoms with Crippen molar-refractivity contribution in [1.82, 2.24) is 15.3 Å². The Balaban J connectivity index is 2.52. The monoisotopic (exact) mass is 319 g/mol. The molecule has 0 aliphatic carbocycles. The van der Waals surface area contributed by atoms with Gasteiger partial charge in [0.05, 0.1) is 11.2 Å². The number of rotatable bonds is 3. The molecule has 0 aliphatic heterocycles. The zero-order chi connectivity index (χ0) is 14.0. The summed E-state index contributed by atoms with van der Waals surface area (Å²) in [6.45, 7) is 6.23. The first-order chi connectivity index (χ1) is 8.94. The van der Waals surface area contributed by atoms with Crippen molar-refractivity contribution < 1.29 is 0 Å². The van der Waals surface area contributed by atoms with Crippen LogP contribution in [0.15, 0.2) is 34.9 Å². The highest BCUT2D eigenvalue weighted by Gasteiger charge is 2.21. The van der Waals surface area contributed by atoms with Gasteiger partial charge in [-0.15, -0.1) is 0 Å². The van der Waals surface area contributed by atoms with Crippen LogP contribution in [0.4, 0.5) is 0 Å². The second-order valence-electron chi connectivity index (χ2n) is 5.10. The van der Waals surface area contributed by atoms with Crippen molar-refractivity contribution in [2.24, 2.45) is 0 Å². The molecule has 3 nitrogen and oxygen atoms in total. The Morgan fingerprint density at radius 1 is 1.21 bits per heavy atom. The van der Waals surface area contributed by atoms with Gasteiger partial charge in [0.2, 0.25) is 0 Å². The van der Waals surface area contributed by atoms with Gasteiger partial charge in [-0.2, -0.15) is 0 Å². The van der Waals surface area contributed by atoms with Crippen molar-refractivity contribution >= 4 is 15.9 Å². The maximum absolute atomic E-state index is 4.69. The van der Waals surface area contributed by atoms with Gasteiger partial charge in [-0.05, 0) is 51.6 Å². The third-order valence-corrected chi connectivity index (χ3v) is 3.81. The SMILES string of the molecule is CNC(C)(C)c1nccc(-c2cc(Br)ccc2C)n1. The summed E-state index contributed by atoms with van der Waals surface area (Å²) in [6, 6.07) is 8.17. The Kier molecular flexibility index (Phi) is 4.02. The number of hydrogen-bond acceptors (Lipinski definition) is 3. The number of aryl methyl sites for hydroxylation is 1. The minimum atomic E-state index is -0.240. The average molecular weight is 320 g/mol. The fraction of sp³-hybridized carbons (Fsp3) is 0.333. The van der Waals surface area contributed by atoms with Gasteiger partial charge in [-0.25, -0.2) is 9.97 Å². The van der Waals surface area contributed by atoms with Crippen LogP contribution in [-0.4, -0.2) is 17.0 Å². The van der Waals surface area contributed by atoms with E-state index in [4.69, 9.17) is 4.98 Å². The minimum Gasteiger partial charge on any atom is -0.308 e. The molecule has 0 saturated carbocycles. The van der Waals surface area contributed by atoms with Crippen LogP contribution in [0.25, 0.3) is 11.3 Å². The molecule has 19 heavy (non-hydrogen) atoms. The maximum atomic E-state index is 4.69. The zero-order valence-electron chi connectivity index (χ0n) is 11.7. The summed E-state index contributed by atoms with van der Waals surface area (Å²) in [6.07, 6.45) is 1.82. The molecular formula is C15H18BrN3. The molecule has 0 amide bonds. The molecule has 1 heterocycles. The molecular weight excluding hydrogens is 302 g/mol. The lowest BCUT2D eigenvalue weighted by molar-refractivity contribution is 0.417. The maximum Gasteiger partial charge on any atom is 0.148 e. The van der Waals surface area contributed by atoms with Crippen LogP contribution in [0.5, 0.6) is 0 Å². The van der Waals surface area contributed by atoms with E-state index < -0.39 is 0 Å². The molecule has 0 bridgehead atoms. The highest BCUT2D eigenvalue weighted by atomic mass is 79.9. The number of halogens is 1. The highest BCUT2D eigenvalue weighted by molar-refractivity contribution is 9.10. The van der Waals surface area contributed by atoms with Crippen LogP contribution in [0.1, 0.15) is 25.2 Å². The Bertz CT molecular complexity index is 594. The first-order valence-electron chi connectivity index (χ1n) is 6.23. The van der Waals surface area contributed by atoms with Crippen LogP contribution in [0, 0.1) is 6.92 Å². The molecule has 0 radical (unpaired) electrons. The van der Waals surface area contributed by atoms with Crippen LogP contribution < -0.4 is 5.32 Å². The van der Waals surface area contributed by atoms with Crippen LogP contribution in [-0.2, 0) is 5.54 Å². The van der Waals surface area contributed by atoms with Gasteiger partial charge in [0, 0.05) is 16.2 Å². The number of benzene rings is 1. The quantitative estimate of drug-likeness (QED) is 0.938. The van der Waals surface area contributed by atoms with Crippen molar-refractivity contribution in [3.63, 3.8) is 0 Å². The number of hydrogen-bond donors (Lipinski definition) is 1. The molecule has 1 N–H and O–H groups in total. The van der Waals surface area contributed by atoms with Crippen molar-refractivity contribution in [2.75, 3.05) is 7.05 Å². The molecule has 100 valence electrons. The van der Waals surface area contributed by atoms with E-state index >= 15 is 0 Å². The van der Waals surface area contributed by atoms with Crippen molar-refractivity contribution in [3.8, 4) is 11.3 Å². The van der Waals surface area contributed by atoms with Crippen molar-refractivity contribution in [3.05, 3.63) is 46.3 Å². The second kappa shape index (κ2) is 5.39. The number of nitrogens with one attached hydrogen (secondary N) is 1. The van der Waals surface area contributed by atoms with E-state index in [-0.39, 0.29) is 5.54 Å². The Labute approximate surface area is 122 Å². The van der Waals surface area contributed by atoms with Gasteiger partial charge >= 0.3 is 0 Å². The van der Waals surface area contributed by atoms with E-state index in [9.17, 15) is 0 Å². The smallest absolute Gasteiger partial charge is 0.148 e. The molecule has 0 spiro atoms. The van der Waals surface area contributed by atoms with E-state index in [1.807, 2.05) is 25.4 Å². The highest BCUT2D eigenvalue weighted by Crippen LogP contribution is 2.26. The van der Waals surface area contributed by atoms with Gasteiger partial charge in [-0.1, -0.05) is 22.0 Å². The van der Waals surface area contributed by atoms with E-state index in [1.165, 1.54) is 5.56 Å². The number of aromatic nitrogens is 2. The molecule has 4 heteroatoms. The summed E-state index contributed by atoms with van der Waals surface area (Å²) in [4.78, 5) is 9.07. The normalized spacial score (nSPS) is 11.6. The third kappa shape index (κ3) is 3.01. The minimum absolute atomic E-state index is 0.240. The summed E-state index contributed by atoms with van der Waals surface area (Å²) in [5.41, 5.74) is 3.04. The summed E-state index contributed by atoms with van der Waals surface area (Å²) in [5, 5.41) is 3.23. The fourth-order valence-electron chi connectivity index (χ4n) is 1.79. The van der Waals surface area contributed by atoms with E-state index in [2.05, 4.69) is 59.1 Å². The average Bonchev–Trinajstić information content (AvgIpc) is 2.41. The van der Waals surface area contributed by atoms with Crippen LogP contribution in [0.2, 0.25) is 0 Å². The standard InChI is InChI=1S/C15H18BrN3/c1-10-5-6-11(16)9-12(10)13-7-8-18-14(19-13)15(2,3)17-4/h5-9,17H,1-4H3. The summed E-state index contributed by atoms with van der Waals surface area (Å²) >= 11 is 3.51.